The molecule has 19 heavy (non-hydrogen) atoms. The number of rotatable bonds is 2. The highest BCUT2D eigenvalue weighted by atomic mass is 32.2. The van der Waals surface area contributed by atoms with E-state index in [0.717, 1.165) is 10.6 Å². The average Bonchev–Trinajstić information content (AvgIpc) is 2.79. The normalized spacial score (nSPS) is 28.7. The summed E-state index contributed by atoms with van der Waals surface area (Å²) in [7, 11) is -2.96. The minimum atomic E-state index is -2.96. The van der Waals surface area contributed by atoms with E-state index in [4.69, 9.17) is 5.41 Å². The van der Waals surface area contributed by atoms with Crippen LogP contribution in [0.3, 0.4) is 0 Å². The Morgan fingerprint density at radius 2 is 2.11 bits per heavy atom. The number of hydrogen-bond donors (Lipinski definition) is 1. The van der Waals surface area contributed by atoms with E-state index in [2.05, 4.69) is 0 Å². The zero-order chi connectivity index (χ0) is 13.6. The third-order valence-electron chi connectivity index (χ3n) is 3.43. The van der Waals surface area contributed by atoms with Crippen molar-refractivity contribution < 1.29 is 8.42 Å². The summed E-state index contributed by atoms with van der Waals surface area (Å²) >= 11 is 3.00. The third-order valence-corrected chi connectivity index (χ3v) is 7.35. The van der Waals surface area contributed by atoms with Gasteiger partial charge in [0.25, 0.3) is 0 Å². The van der Waals surface area contributed by atoms with Crippen LogP contribution in [0.15, 0.2) is 29.2 Å². The Labute approximate surface area is 121 Å². The largest absolute Gasteiger partial charge is 0.315 e. The second-order valence-corrected chi connectivity index (χ2v) is 8.88. The summed E-state index contributed by atoms with van der Waals surface area (Å²) in [6.45, 7) is 0. The molecule has 0 unspecified atom stereocenters. The summed E-state index contributed by atoms with van der Waals surface area (Å²) in [6, 6.07) is 7.79. The van der Waals surface area contributed by atoms with Gasteiger partial charge in [-0.2, -0.15) is 0 Å². The van der Waals surface area contributed by atoms with Crippen molar-refractivity contribution in [3.63, 3.8) is 0 Å². The molecule has 0 amide bonds. The van der Waals surface area contributed by atoms with Gasteiger partial charge in [0, 0.05) is 10.1 Å². The SMILES string of the molecule is CSc1ccccc1N1C(=N)S[C@@H]2CS(=O)(=O)C[C@@H]21. The minimum absolute atomic E-state index is 0.00686. The Hall–Kier alpha value is -0.660. The van der Waals surface area contributed by atoms with Crippen LogP contribution in [0.25, 0.3) is 0 Å². The first-order chi connectivity index (χ1) is 9.02. The molecule has 102 valence electrons. The molecule has 1 aromatic carbocycles. The molecule has 2 fully saturated rings. The summed E-state index contributed by atoms with van der Waals surface area (Å²) in [5.41, 5.74) is 0.956. The first-order valence-electron chi connectivity index (χ1n) is 5.90. The summed E-state index contributed by atoms with van der Waals surface area (Å²) in [6.07, 6.45) is 1.99. The van der Waals surface area contributed by atoms with Gasteiger partial charge in [0.2, 0.25) is 0 Å². The third kappa shape index (κ3) is 2.28. The summed E-state index contributed by atoms with van der Waals surface area (Å²) in [5.74, 6) is 0.360. The van der Waals surface area contributed by atoms with Gasteiger partial charge < -0.3 is 4.90 Å². The number of amidine groups is 1. The number of thioether (sulfide) groups is 2. The number of nitrogens with one attached hydrogen (secondary N) is 1. The van der Waals surface area contributed by atoms with Crippen molar-refractivity contribution in [2.24, 2.45) is 0 Å². The van der Waals surface area contributed by atoms with Gasteiger partial charge in [0.1, 0.15) is 0 Å². The predicted molar refractivity (Wildman–Crippen MR) is 82.2 cm³/mol. The van der Waals surface area contributed by atoms with Crippen LogP contribution in [0.1, 0.15) is 0 Å². The Morgan fingerprint density at radius 1 is 1.37 bits per heavy atom. The smallest absolute Gasteiger partial charge is 0.161 e. The van der Waals surface area contributed by atoms with Crippen LogP contribution in [0.5, 0.6) is 0 Å². The molecule has 0 aromatic heterocycles. The maximum atomic E-state index is 11.8. The molecule has 2 saturated heterocycles. The summed E-state index contributed by atoms with van der Waals surface area (Å²) < 4.78 is 23.5. The molecule has 2 atom stereocenters. The van der Waals surface area contributed by atoms with Crippen LogP contribution in [0.2, 0.25) is 0 Å². The Morgan fingerprint density at radius 3 is 2.84 bits per heavy atom. The first-order valence-corrected chi connectivity index (χ1v) is 9.82. The van der Waals surface area contributed by atoms with Crippen LogP contribution in [-0.2, 0) is 9.84 Å². The summed E-state index contributed by atoms with van der Waals surface area (Å²) in [5, 5.41) is 8.60. The molecule has 3 rings (SSSR count). The van der Waals surface area contributed by atoms with Gasteiger partial charge in [0.05, 0.1) is 23.2 Å². The standard InChI is InChI=1S/C12H14N2O2S3/c1-17-10-5-3-2-4-8(10)14-9-6-19(15,16)7-11(9)18-12(14)13/h2-5,9,11,13H,6-7H2,1H3/t9-,11+/m0/s1. The van der Waals surface area contributed by atoms with Crippen molar-refractivity contribution in [1.29, 1.82) is 5.41 Å². The van der Waals surface area contributed by atoms with Gasteiger partial charge in [-0.25, -0.2) is 8.42 Å². The second-order valence-electron chi connectivity index (χ2n) is 4.65. The van der Waals surface area contributed by atoms with Gasteiger partial charge in [-0.05, 0) is 18.4 Å². The predicted octanol–water partition coefficient (Wildman–Crippen LogP) is 2.06. The zero-order valence-corrected chi connectivity index (χ0v) is 12.8. The highest BCUT2D eigenvalue weighted by Crippen LogP contribution is 2.42. The topological polar surface area (TPSA) is 61.2 Å². The Kier molecular flexibility index (Phi) is 3.31. The number of hydrogen-bond acceptors (Lipinski definition) is 5. The lowest BCUT2D eigenvalue weighted by Gasteiger charge is -2.25. The molecule has 0 spiro atoms. The van der Waals surface area contributed by atoms with Gasteiger partial charge in [-0.3, -0.25) is 5.41 Å². The van der Waals surface area contributed by atoms with Crippen molar-refractivity contribution in [1.82, 2.24) is 0 Å². The summed E-state index contributed by atoms with van der Waals surface area (Å²) in [4.78, 5) is 2.98. The van der Waals surface area contributed by atoms with Crippen LogP contribution < -0.4 is 4.90 Å². The lowest BCUT2D eigenvalue weighted by Crippen LogP contribution is -2.37. The van der Waals surface area contributed by atoms with Gasteiger partial charge >= 0.3 is 0 Å². The van der Waals surface area contributed by atoms with Gasteiger partial charge in [-0.1, -0.05) is 23.9 Å². The van der Waals surface area contributed by atoms with Crippen molar-refractivity contribution in [3.8, 4) is 0 Å². The van der Waals surface area contributed by atoms with E-state index >= 15 is 0 Å². The van der Waals surface area contributed by atoms with Crippen LogP contribution >= 0.6 is 23.5 Å². The van der Waals surface area contributed by atoms with Gasteiger partial charge in [-0.15, -0.1) is 11.8 Å². The fourth-order valence-corrected chi connectivity index (χ4v) is 6.99. The molecule has 1 aromatic rings. The lowest BCUT2D eigenvalue weighted by atomic mass is 10.2. The monoisotopic (exact) mass is 314 g/mol. The highest BCUT2D eigenvalue weighted by molar-refractivity contribution is 8.15. The Bertz CT molecular complexity index is 630. The molecule has 0 bridgehead atoms. The van der Waals surface area contributed by atoms with E-state index in [1.54, 1.807) is 11.8 Å². The maximum Gasteiger partial charge on any atom is 0.161 e. The number of anilines is 1. The zero-order valence-electron chi connectivity index (χ0n) is 10.4. The quantitative estimate of drug-likeness (QED) is 0.847. The molecule has 0 radical (unpaired) electrons. The molecule has 0 aliphatic carbocycles. The molecular weight excluding hydrogens is 300 g/mol. The second kappa shape index (κ2) is 4.71. The van der Waals surface area contributed by atoms with Crippen molar-refractivity contribution in [2.75, 3.05) is 22.7 Å². The number of para-hydroxylation sites is 1. The fourth-order valence-electron chi connectivity index (χ4n) is 2.62. The van der Waals surface area contributed by atoms with E-state index < -0.39 is 9.84 Å². The van der Waals surface area contributed by atoms with E-state index in [9.17, 15) is 8.42 Å². The van der Waals surface area contributed by atoms with Crippen molar-refractivity contribution >= 4 is 44.2 Å². The molecule has 1 N–H and O–H groups in total. The Balaban J connectivity index is 2.02. The molecule has 2 aliphatic heterocycles. The van der Waals surface area contributed by atoms with E-state index in [1.165, 1.54) is 11.8 Å². The van der Waals surface area contributed by atoms with E-state index in [1.807, 2.05) is 35.4 Å². The van der Waals surface area contributed by atoms with Crippen molar-refractivity contribution in [3.05, 3.63) is 24.3 Å². The van der Waals surface area contributed by atoms with E-state index in [-0.39, 0.29) is 22.8 Å². The first kappa shape index (κ1) is 13.3. The van der Waals surface area contributed by atoms with Crippen LogP contribution in [0.4, 0.5) is 5.69 Å². The van der Waals surface area contributed by atoms with Gasteiger partial charge in [0.15, 0.2) is 15.0 Å². The van der Waals surface area contributed by atoms with Crippen LogP contribution in [0, 0.1) is 5.41 Å². The average molecular weight is 314 g/mol. The minimum Gasteiger partial charge on any atom is -0.315 e. The highest BCUT2D eigenvalue weighted by Gasteiger charge is 2.49. The molecule has 2 aliphatic rings. The number of fused-ring (bicyclic) bond motifs is 1. The lowest BCUT2D eigenvalue weighted by molar-refractivity contribution is 0.601. The molecular formula is C12H14N2O2S3. The maximum absolute atomic E-state index is 11.8. The number of nitrogens with zero attached hydrogens (tertiary/aromatic N) is 1. The number of sulfone groups is 1. The van der Waals surface area contributed by atoms with Crippen LogP contribution in [-0.4, -0.2) is 42.6 Å². The number of benzene rings is 1. The fraction of sp³-hybridized carbons (Fsp3) is 0.417. The molecule has 7 heteroatoms. The van der Waals surface area contributed by atoms with Crippen molar-refractivity contribution in [2.45, 2.75) is 16.2 Å². The van der Waals surface area contributed by atoms with E-state index in [0.29, 0.717) is 5.17 Å². The molecule has 0 saturated carbocycles. The molecule has 2 heterocycles. The molecule has 4 nitrogen and oxygen atoms in total.